The normalized spacial score (nSPS) is 16.3. The average molecular weight is 947 g/mol. The van der Waals surface area contributed by atoms with Crippen molar-refractivity contribution >= 4 is 32.8 Å². The van der Waals surface area contributed by atoms with Gasteiger partial charge in [0.05, 0.1) is 47.1 Å². The molecule has 0 aliphatic heterocycles. The van der Waals surface area contributed by atoms with Gasteiger partial charge in [-0.3, -0.25) is 13.7 Å². The van der Waals surface area contributed by atoms with Crippen LogP contribution in [0.4, 0.5) is 0 Å². The second kappa shape index (κ2) is 17.4. The molecule has 8 aromatic carbocycles. The highest BCUT2D eigenvalue weighted by molar-refractivity contribution is 6.09. The van der Waals surface area contributed by atoms with Crippen LogP contribution in [0.1, 0.15) is 98.1 Å². The van der Waals surface area contributed by atoms with Crippen LogP contribution in [0, 0.1) is 6.33 Å². The fourth-order valence-corrected chi connectivity index (χ4v) is 11.0. The van der Waals surface area contributed by atoms with Crippen molar-refractivity contribution in [2.45, 2.75) is 84.0 Å². The van der Waals surface area contributed by atoms with Crippen molar-refractivity contribution in [3.63, 3.8) is 0 Å². The van der Waals surface area contributed by atoms with Crippen LogP contribution in [-0.2, 0) is 16.2 Å². The lowest BCUT2D eigenvalue weighted by atomic mass is 9.72. The number of fused-ring (bicyclic) bond motifs is 5. The standard InChI is InChI=1S/C67H60N4O/c1-65(2,3)48-36-39-68-62(41-48)71-58-31-15-14-26-55(58)56-34-33-51(43-60(56)71)72-50-25-16-24-49(42-50)69-44-70(64-53(45-20-10-8-11-21-45)28-17-29-54(64)46-22-12-9-13-23-46)59-35-32-47(40-61(59)69)52-27-18-30-57-63(52)67(6,7)38-19-37-66(57,4)5/h8-18,20-36,39-43H,19,37-38H2,1-7H3/i8D,9D,10D,11D,12D,13D,20D,21D,22D,23D. The van der Waals surface area contributed by atoms with E-state index in [-0.39, 0.29) is 44.2 Å². The Morgan fingerprint density at radius 2 is 1.26 bits per heavy atom. The molecule has 354 valence electrons. The van der Waals surface area contributed by atoms with E-state index in [4.69, 9.17) is 17.9 Å². The highest BCUT2D eigenvalue weighted by Crippen LogP contribution is 2.48. The first-order valence-electron chi connectivity index (χ1n) is 29.7. The number of imidazole rings is 1. The van der Waals surface area contributed by atoms with Gasteiger partial charge >= 0.3 is 0 Å². The first-order chi connectivity index (χ1) is 39.0. The third kappa shape index (κ3) is 7.88. The lowest BCUT2D eigenvalue weighted by Crippen LogP contribution is -2.31. The van der Waals surface area contributed by atoms with Gasteiger partial charge in [0.25, 0.3) is 6.33 Å². The second-order valence-electron chi connectivity index (χ2n) is 21.3. The van der Waals surface area contributed by atoms with E-state index in [9.17, 15) is 5.48 Å². The zero-order valence-corrected chi connectivity index (χ0v) is 41.6. The number of para-hydroxylation sites is 2. The molecule has 0 radical (unpaired) electrons. The SMILES string of the molecule is [2H]c1c([2H])c([2H])c(-c2cccc(-c3c([2H])c([2H])c([2H])c([2H])c3[2H])c2-[n+]2[c-]n(-c3cccc(Oc4ccc5c6ccccc6n(-c6cc(C(C)(C)C)ccn6)c5c4)c3)c3cc(-c4cccc5c4C(C)(C)CCCC5(C)C)ccc32)c([2H])c1[2H]. The highest BCUT2D eigenvalue weighted by Gasteiger charge is 2.36. The first-order valence-corrected chi connectivity index (χ1v) is 24.7. The molecular weight excluding hydrogens is 877 g/mol. The van der Waals surface area contributed by atoms with Crippen molar-refractivity contribution in [3.05, 3.63) is 223 Å². The minimum Gasteiger partial charge on any atom is -0.458 e. The third-order valence-corrected chi connectivity index (χ3v) is 14.6. The molecular formula is C67H60N4O. The Balaban J connectivity index is 1.11. The molecule has 3 aromatic heterocycles. The Morgan fingerprint density at radius 3 is 2.01 bits per heavy atom. The molecule has 3 heterocycles. The number of hydrogen-bond donors (Lipinski definition) is 0. The van der Waals surface area contributed by atoms with Gasteiger partial charge in [-0.15, -0.1) is 0 Å². The van der Waals surface area contributed by atoms with Gasteiger partial charge in [0.15, 0.2) is 0 Å². The smallest absolute Gasteiger partial charge is 0.269 e. The maximum Gasteiger partial charge on any atom is 0.269 e. The Kier molecular flexibility index (Phi) is 8.48. The van der Waals surface area contributed by atoms with Gasteiger partial charge in [0, 0.05) is 23.0 Å². The average Bonchev–Trinajstić information content (AvgIpc) is 4.02. The van der Waals surface area contributed by atoms with Crippen molar-refractivity contribution < 1.29 is 23.0 Å². The largest absolute Gasteiger partial charge is 0.458 e. The number of ether oxygens (including phenoxy) is 1. The van der Waals surface area contributed by atoms with Gasteiger partial charge in [-0.25, -0.2) is 4.98 Å². The molecule has 0 amide bonds. The molecule has 0 unspecified atom stereocenters. The second-order valence-corrected chi connectivity index (χ2v) is 21.3. The number of hydrogen-bond acceptors (Lipinski definition) is 2. The molecule has 11 aromatic rings. The number of rotatable bonds is 8. The highest BCUT2D eigenvalue weighted by atomic mass is 16.5. The van der Waals surface area contributed by atoms with E-state index >= 15 is 0 Å². The third-order valence-electron chi connectivity index (χ3n) is 14.6. The molecule has 0 bridgehead atoms. The first kappa shape index (κ1) is 35.1. The Labute approximate surface area is 437 Å². The summed E-state index contributed by atoms with van der Waals surface area (Å²) in [6.07, 6.45) is 8.60. The Hall–Kier alpha value is -8.02. The summed E-state index contributed by atoms with van der Waals surface area (Å²) in [7, 11) is 0. The van der Waals surface area contributed by atoms with Crippen molar-refractivity contribution in [2.75, 3.05) is 0 Å². The maximum atomic E-state index is 9.27. The fourth-order valence-electron chi connectivity index (χ4n) is 11.0. The van der Waals surface area contributed by atoms with Crippen molar-refractivity contribution in [1.29, 1.82) is 0 Å². The van der Waals surface area contributed by atoms with Gasteiger partial charge in [0.1, 0.15) is 17.3 Å². The van der Waals surface area contributed by atoms with Crippen LogP contribution >= 0.6 is 0 Å². The molecule has 0 N–H and O–H groups in total. The van der Waals surface area contributed by atoms with E-state index in [1.807, 2.05) is 65.4 Å². The van der Waals surface area contributed by atoms with E-state index in [1.165, 1.54) is 11.1 Å². The summed E-state index contributed by atoms with van der Waals surface area (Å²) in [5, 5.41) is 2.13. The quantitative estimate of drug-likeness (QED) is 0.0864. The van der Waals surface area contributed by atoms with Gasteiger partial charge in [-0.05, 0) is 134 Å². The molecule has 0 saturated heterocycles. The fraction of sp³-hybridized carbons (Fsp3) is 0.194. The van der Waals surface area contributed by atoms with Crippen LogP contribution in [0.25, 0.3) is 83.4 Å². The van der Waals surface area contributed by atoms with Crippen LogP contribution in [0.15, 0.2) is 200 Å². The molecule has 1 aliphatic rings. The molecule has 72 heavy (non-hydrogen) atoms. The maximum absolute atomic E-state index is 9.27. The lowest BCUT2D eigenvalue weighted by molar-refractivity contribution is -0.571. The van der Waals surface area contributed by atoms with Gasteiger partial charge in [0.2, 0.25) is 0 Å². The van der Waals surface area contributed by atoms with Crippen molar-refractivity contribution in [2.24, 2.45) is 0 Å². The molecule has 1 aliphatic carbocycles. The summed E-state index contributed by atoms with van der Waals surface area (Å²) in [4.78, 5) is 4.88. The van der Waals surface area contributed by atoms with E-state index in [0.29, 0.717) is 28.2 Å². The number of nitrogens with zero attached hydrogens (tertiary/aromatic N) is 4. The summed E-state index contributed by atoms with van der Waals surface area (Å²) in [6, 6.07) is 38.6. The number of benzene rings is 8. The monoisotopic (exact) mass is 947 g/mol. The van der Waals surface area contributed by atoms with E-state index in [1.54, 1.807) is 22.8 Å². The molecule has 0 atom stereocenters. The van der Waals surface area contributed by atoms with Crippen LogP contribution in [0.2, 0.25) is 0 Å². The van der Waals surface area contributed by atoms with Gasteiger partial charge in [-0.2, -0.15) is 0 Å². The molecule has 0 saturated carbocycles. The molecule has 0 spiro atoms. The Bertz CT molecular complexity index is 4330. The number of pyridine rings is 1. The molecule has 12 rings (SSSR count). The van der Waals surface area contributed by atoms with Gasteiger partial charge in [-0.1, -0.05) is 188 Å². The molecule has 5 nitrogen and oxygen atoms in total. The minimum atomic E-state index is -0.567. The van der Waals surface area contributed by atoms with Gasteiger partial charge < -0.3 is 4.74 Å². The summed E-state index contributed by atoms with van der Waals surface area (Å²) in [5.41, 5.74) is 9.47. The summed E-state index contributed by atoms with van der Waals surface area (Å²) in [5.74, 6) is 1.90. The van der Waals surface area contributed by atoms with E-state index < -0.39 is 60.4 Å². The molecule has 0 fully saturated rings. The molecule has 5 heteroatoms. The topological polar surface area (TPSA) is 35.9 Å². The summed E-state index contributed by atoms with van der Waals surface area (Å²) >= 11 is 0. The zero-order chi connectivity index (χ0) is 58.1. The van der Waals surface area contributed by atoms with Crippen LogP contribution in [-0.4, -0.2) is 14.1 Å². The number of aromatic nitrogens is 4. The van der Waals surface area contributed by atoms with Crippen LogP contribution in [0.5, 0.6) is 11.5 Å². The van der Waals surface area contributed by atoms with E-state index in [0.717, 1.165) is 63.6 Å². The zero-order valence-electron chi connectivity index (χ0n) is 51.6. The van der Waals surface area contributed by atoms with Crippen LogP contribution < -0.4 is 9.30 Å². The predicted molar refractivity (Wildman–Crippen MR) is 297 cm³/mol. The summed E-state index contributed by atoms with van der Waals surface area (Å²) in [6.45, 7) is 15.8. The Morgan fingerprint density at radius 1 is 0.597 bits per heavy atom. The van der Waals surface area contributed by atoms with Crippen molar-refractivity contribution in [3.8, 4) is 62.1 Å². The van der Waals surface area contributed by atoms with Crippen molar-refractivity contribution in [1.82, 2.24) is 14.1 Å². The van der Waals surface area contributed by atoms with Crippen LogP contribution in [0.3, 0.4) is 0 Å². The predicted octanol–water partition coefficient (Wildman–Crippen LogP) is 17.0. The van der Waals surface area contributed by atoms with E-state index in [2.05, 4.69) is 120 Å². The lowest BCUT2D eigenvalue weighted by Gasteiger charge is -2.32. The summed E-state index contributed by atoms with van der Waals surface area (Å²) < 4.78 is 102. The minimum absolute atomic E-state index is 0.0805.